The zero-order chi connectivity index (χ0) is 29.4. The second kappa shape index (κ2) is 11.8. The van der Waals surface area contributed by atoms with Crippen molar-refractivity contribution in [1.82, 2.24) is 19.4 Å². The summed E-state index contributed by atoms with van der Waals surface area (Å²) in [6, 6.07) is 17.7. The number of piperidine rings is 1. The lowest BCUT2D eigenvalue weighted by Gasteiger charge is -2.30. The molecule has 0 aliphatic carbocycles. The molecule has 8 nitrogen and oxygen atoms in total. The second-order valence-electron chi connectivity index (χ2n) is 10.7. The first kappa shape index (κ1) is 28.2. The Morgan fingerprint density at radius 1 is 1.07 bits per heavy atom. The number of aromatic nitrogens is 3. The molecule has 1 amide bonds. The van der Waals surface area contributed by atoms with E-state index in [4.69, 9.17) is 26.8 Å². The minimum absolute atomic E-state index is 0.126. The number of carbonyl (C=O) groups excluding carboxylic acids is 1. The molecule has 2 N–H and O–H groups in total. The molecule has 0 spiro atoms. The highest BCUT2D eigenvalue weighted by molar-refractivity contribution is 7.16. The number of halogens is 1. The predicted molar refractivity (Wildman–Crippen MR) is 167 cm³/mol. The molecule has 1 aliphatic heterocycles. The summed E-state index contributed by atoms with van der Waals surface area (Å²) < 4.78 is 14.5. The normalized spacial score (nSPS) is 15.1. The van der Waals surface area contributed by atoms with Crippen molar-refractivity contribution in [2.75, 3.05) is 20.1 Å². The summed E-state index contributed by atoms with van der Waals surface area (Å²) in [5.74, 6) is 0.486. The van der Waals surface area contributed by atoms with Gasteiger partial charge in [0.05, 0.1) is 16.1 Å². The van der Waals surface area contributed by atoms with E-state index in [1.807, 2.05) is 79.2 Å². The molecule has 42 heavy (non-hydrogen) atoms. The van der Waals surface area contributed by atoms with Gasteiger partial charge in [0.2, 0.25) is 0 Å². The predicted octanol–water partition coefficient (Wildman–Crippen LogP) is 6.82. The van der Waals surface area contributed by atoms with Gasteiger partial charge in [0.1, 0.15) is 39.9 Å². The fourth-order valence-corrected chi connectivity index (χ4v) is 6.47. The van der Waals surface area contributed by atoms with Crippen LogP contribution in [0.25, 0.3) is 27.2 Å². The summed E-state index contributed by atoms with van der Waals surface area (Å²) in [6.45, 7) is 5.85. The summed E-state index contributed by atoms with van der Waals surface area (Å²) >= 11 is 8.08. The van der Waals surface area contributed by atoms with Crippen molar-refractivity contribution in [2.45, 2.75) is 38.9 Å². The monoisotopic (exact) mass is 601 g/mol. The average Bonchev–Trinajstić information content (AvgIpc) is 3.59. The highest BCUT2D eigenvalue weighted by atomic mass is 35.5. The van der Waals surface area contributed by atoms with Crippen LogP contribution in [-0.4, -0.2) is 51.6 Å². The summed E-state index contributed by atoms with van der Waals surface area (Å²) in [7, 11) is 2.12. The second-order valence-corrected chi connectivity index (χ2v) is 12.1. The summed E-state index contributed by atoms with van der Waals surface area (Å²) in [5, 5.41) is 1.28. The summed E-state index contributed by atoms with van der Waals surface area (Å²) in [4.78, 5) is 24.1. The molecule has 1 aliphatic rings. The molecule has 5 aromatic rings. The topological polar surface area (TPSA) is 95.5 Å². The fourth-order valence-electron chi connectivity index (χ4n) is 5.22. The number of pyridine rings is 1. The molecule has 1 saturated heterocycles. The standard InChI is InChI=1S/C32H32ClN5O3S/c1-19-7-8-22(17-35-19)21-9-10-26-25(15-21)36-18-38(26)29-16-28(31(42-29)32(34)39)40-20(2)24-5-4-6-27(30(24)33)41-23-11-13-37(3)14-12-23/h4-10,15-18,20,23H,11-14H2,1-3H3,(H2,34,39). The maximum Gasteiger partial charge on any atom is 0.262 e. The zero-order valence-corrected chi connectivity index (χ0v) is 25.3. The van der Waals surface area contributed by atoms with E-state index in [1.165, 1.54) is 11.3 Å². The smallest absolute Gasteiger partial charge is 0.262 e. The number of ether oxygens (including phenoxy) is 2. The van der Waals surface area contributed by atoms with Gasteiger partial charge in [-0.1, -0.05) is 35.9 Å². The molecular weight excluding hydrogens is 570 g/mol. The number of benzene rings is 2. The minimum atomic E-state index is -0.558. The van der Waals surface area contributed by atoms with Gasteiger partial charge in [-0.25, -0.2) is 4.98 Å². The Labute approximate surface area is 253 Å². The number of primary amides is 1. The Bertz CT molecular complexity index is 1740. The molecule has 2 aromatic carbocycles. The van der Waals surface area contributed by atoms with Crippen molar-refractivity contribution in [3.63, 3.8) is 0 Å². The van der Waals surface area contributed by atoms with Crippen molar-refractivity contribution < 1.29 is 14.3 Å². The van der Waals surface area contributed by atoms with Gasteiger partial charge >= 0.3 is 0 Å². The Kier molecular flexibility index (Phi) is 7.90. The van der Waals surface area contributed by atoms with Crippen LogP contribution in [0.15, 0.2) is 67.1 Å². The third kappa shape index (κ3) is 5.72. The number of likely N-dealkylation sites (tertiary alicyclic amines) is 1. The minimum Gasteiger partial charge on any atom is -0.489 e. The molecule has 1 unspecified atom stereocenters. The molecule has 3 aromatic heterocycles. The first-order valence-corrected chi connectivity index (χ1v) is 15.1. The van der Waals surface area contributed by atoms with Crippen molar-refractivity contribution in [3.05, 3.63) is 88.3 Å². The molecule has 0 radical (unpaired) electrons. The van der Waals surface area contributed by atoms with E-state index in [0.717, 1.165) is 64.3 Å². The van der Waals surface area contributed by atoms with Gasteiger partial charge in [0.25, 0.3) is 5.91 Å². The number of rotatable bonds is 8. The van der Waals surface area contributed by atoms with E-state index in [1.54, 1.807) is 6.33 Å². The van der Waals surface area contributed by atoms with E-state index in [2.05, 4.69) is 21.9 Å². The fraction of sp³-hybridized carbons (Fsp3) is 0.281. The zero-order valence-electron chi connectivity index (χ0n) is 23.7. The number of hydrogen-bond donors (Lipinski definition) is 1. The number of nitrogens with two attached hydrogens (primary N) is 1. The number of aryl methyl sites for hydroxylation is 1. The number of imidazole rings is 1. The van der Waals surface area contributed by atoms with Gasteiger partial charge in [-0.2, -0.15) is 0 Å². The average molecular weight is 602 g/mol. The third-order valence-corrected chi connectivity index (χ3v) is 9.17. The highest BCUT2D eigenvalue weighted by Gasteiger charge is 2.24. The Balaban J connectivity index is 1.25. The number of amides is 1. The molecule has 0 bridgehead atoms. The molecule has 4 heterocycles. The maximum absolute atomic E-state index is 12.4. The van der Waals surface area contributed by atoms with Gasteiger partial charge in [-0.05, 0) is 63.6 Å². The quantitative estimate of drug-likeness (QED) is 0.210. The van der Waals surface area contributed by atoms with Gasteiger partial charge in [0.15, 0.2) is 0 Å². The van der Waals surface area contributed by atoms with Crippen LogP contribution in [0.2, 0.25) is 5.02 Å². The lowest BCUT2D eigenvalue weighted by atomic mass is 10.1. The van der Waals surface area contributed by atoms with Crippen molar-refractivity contribution >= 4 is 39.9 Å². The molecule has 1 fully saturated rings. The third-order valence-electron chi connectivity index (χ3n) is 7.63. The number of fused-ring (bicyclic) bond motifs is 1. The molecule has 1 atom stereocenters. The summed E-state index contributed by atoms with van der Waals surface area (Å²) in [5.41, 5.74) is 11.3. The largest absolute Gasteiger partial charge is 0.489 e. The number of hydrogen-bond acceptors (Lipinski definition) is 7. The van der Waals surface area contributed by atoms with E-state index in [9.17, 15) is 4.79 Å². The van der Waals surface area contributed by atoms with Gasteiger partial charge in [-0.3, -0.25) is 14.3 Å². The molecule has 0 saturated carbocycles. The molecule has 6 rings (SSSR count). The molecule has 10 heteroatoms. The van der Waals surface area contributed by atoms with Crippen LogP contribution < -0.4 is 15.2 Å². The number of thiophene rings is 1. The lowest BCUT2D eigenvalue weighted by Crippen LogP contribution is -2.35. The van der Waals surface area contributed by atoms with Crippen molar-refractivity contribution in [2.24, 2.45) is 5.73 Å². The molecular formula is C32H32ClN5O3S. The Morgan fingerprint density at radius 2 is 1.86 bits per heavy atom. The lowest BCUT2D eigenvalue weighted by molar-refractivity contribution is 0.0998. The van der Waals surface area contributed by atoms with Crippen LogP contribution in [-0.2, 0) is 0 Å². The SMILES string of the molecule is Cc1ccc(-c2ccc3c(c2)ncn3-c2cc(OC(C)c3cccc(OC4CCN(C)CC4)c3Cl)c(C(N)=O)s2)cn1. The highest BCUT2D eigenvalue weighted by Crippen LogP contribution is 2.39. The van der Waals surface area contributed by atoms with Crippen LogP contribution in [0.3, 0.4) is 0 Å². The van der Waals surface area contributed by atoms with Crippen LogP contribution >= 0.6 is 22.9 Å². The van der Waals surface area contributed by atoms with Crippen LogP contribution in [0.5, 0.6) is 11.5 Å². The van der Waals surface area contributed by atoms with Gasteiger partial charge in [-0.15, -0.1) is 11.3 Å². The summed E-state index contributed by atoms with van der Waals surface area (Å²) in [6.07, 6.45) is 5.18. The maximum atomic E-state index is 12.4. The van der Waals surface area contributed by atoms with E-state index in [-0.39, 0.29) is 6.10 Å². The Morgan fingerprint density at radius 3 is 2.60 bits per heavy atom. The van der Waals surface area contributed by atoms with E-state index in [0.29, 0.717) is 21.4 Å². The van der Waals surface area contributed by atoms with Crippen LogP contribution in [0, 0.1) is 6.92 Å². The van der Waals surface area contributed by atoms with Crippen LogP contribution in [0.1, 0.15) is 46.8 Å². The number of carbonyl (C=O) groups is 1. The van der Waals surface area contributed by atoms with E-state index >= 15 is 0 Å². The van der Waals surface area contributed by atoms with Crippen LogP contribution in [0.4, 0.5) is 0 Å². The van der Waals surface area contributed by atoms with Gasteiger partial charge < -0.3 is 20.1 Å². The van der Waals surface area contributed by atoms with Crippen molar-refractivity contribution in [1.29, 1.82) is 0 Å². The number of nitrogens with zero attached hydrogens (tertiary/aromatic N) is 4. The van der Waals surface area contributed by atoms with Crippen molar-refractivity contribution in [3.8, 4) is 27.6 Å². The van der Waals surface area contributed by atoms with E-state index < -0.39 is 12.0 Å². The Hall–Kier alpha value is -3.92. The molecule has 216 valence electrons. The van der Waals surface area contributed by atoms with Gasteiger partial charge in [0, 0.05) is 42.2 Å². The first-order chi connectivity index (χ1) is 20.3. The first-order valence-electron chi connectivity index (χ1n) is 13.9.